The van der Waals surface area contributed by atoms with Crippen molar-refractivity contribution in [2.75, 3.05) is 7.11 Å². The third-order valence-corrected chi connectivity index (χ3v) is 4.93. The molecule has 2 aromatic rings. The van der Waals surface area contributed by atoms with Crippen molar-refractivity contribution in [3.63, 3.8) is 0 Å². The first kappa shape index (κ1) is 25.9. The smallest absolute Gasteiger partial charge is 0.425 e. The van der Waals surface area contributed by atoms with Crippen molar-refractivity contribution in [1.29, 1.82) is 0 Å². The third kappa shape index (κ3) is 7.91. The quantitative estimate of drug-likeness (QED) is 0.439. The highest BCUT2D eigenvalue weighted by atomic mass is 16.6. The zero-order valence-electron chi connectivity index (χ0n) is 19.7. The van der Waals surface area contributed by atoms with Crippen LogP contribution >= 0.6 is 0 Å². The van der Waals surface area contributed by atoms with Gasteiger partial charge in [-0.15, -0.1) is 0 Å². The lowest BCUT2D eigenvalue weighted by atomic mass is 10.0. The molecule has 0 aliphatic carbocycles. The lowest BCUT2D eigenvalue weighted by Gasteiger charge is -2.34. The number of benzene rings is 2. The Hall–Kier alpha value is -3.39. The number of aryl methyl sites for hydroxylation is 1. The van der Waals surface area contributed by atoms with Crippen LogP contribution in [0.5, 0.6) is 0 Å². The van der Waals surface area contributed by atoms with Crippen LogP contribution in [0, 0.1) is 6.92 Å². The number of carboxylic acid groups (broad SMARTS) is 1. The fraction of sp³-hybridized carbons (Fsp3) is 0.400. The SMILES string of the molecule is COC(=O)[C@H](Cc1ccccc1)N(N[C@@H](Cc1ccccc1C)C(=O)O)C(=O)OC(C)(C)C. The van der Waals surface area contributed by atoms with Crippen molar-refractivity contribution in [2.24, 2.45) is 0 Å². The van der Waals surface area contributed by atoms with E-state index in [0.717, 1.165) is 21.7 Å². The summed E-state index contributed by atoms with van der Waals surface area (Å²) in [5.74, 6) is -1.87. The van der Waals surface area contributed by atoms with Gasteiger partial charge in [-0.25, -0.2) is 20.0 Å². The first-order valence-corrected chi connectivity index (χ1v) is 10.7. The molecule has 0 spiro atoms. The number of carbonyl (C=O) groups excluding carboxylic acids is 2. The van der Waals surface area contributed by atoms with Crippen LogP contribution in [0.4, 0.5) is 4.79 Å². The average Bonchev–Trinajstić information content (AvgIpc) is 2.75. The summed E-state index contributed by atoms with van der Waals surface area (Å²) in [5.41, 5.74) is 4.38. The molecule has 0 aliphatic heterocycles. The van der Waals surface area contributed by atoms with Crippen LogP contribution in [0.1, 0.15) is 37.5 Å². The molecule has 2 rings (SSSR count). The maximum atomic E-state index is 13.1. The highest BCUT2D eigenvalue weighted by molar-refractivity contribution is 5.82. The third-order valence-electron chi connectivity index (χ3n) is 4.93. The predicted molar refractivity (Wildman–Crippen MR) is 123 cm³/mol. The first-order chi connectivity index (χ1) is 15.5. The minimum atomic E-state index is -1.19. The summed E-state index contributed by atoms with van der Waals surface area (Å²) in [6.07, 6.45) is -0.665. The second-order valence-electron chi connectivity index (χ2n) is 8.73. The van der Waals surface area contributed by atoms with Crippen LogP contribution < -0.4 is 5.43 Å². The number of amides is 1. The average molecular weight is 457 g/mol. The number of hydrogen-bond donors (Lipinski definition) is 2. The molecule has 2 N–H and O–H groups in total. The molecule has 0 saturated heterocycles. The number of nitrogens with zero attached hydrogens (tertiary/aromatic N) is 1. The van der Waals surface area contributed by atoms with E-state index in [1.165, 1.54) is 7.11 Å². The summed E-state index contributed by atoms with van der Waals surface area (Å²) in [5, 5.41) is 10.8. The van der Waals surface area contributed by atoms with Crippen molar-refractivity contribution in [3.8, 4) is 0 Å². The Bertz CT molecular complexity index is 955. The Labute approximate surface area is 194 Å². The van der Waals surface area contributed by atoms with Crippen molar-refractivity contribution in [1.82, 2.24) is 10.4 Å². The summed E-state index contributed by atoms with van der Waals surface area (Å²) in [6, 6.07) is 14.1. The number of methoxy groups -OCH3 is 1. The standard InChI is InChI=1S/C25H32N2O6/c1-17-11-9-10-14-19(17)16-20(22(28)29)26-27(24(31)33-25(2,3)4)21(23(30)32-5)15-18-12-7-6-8-13-18/h6-14,20-21,26H,15-16H2,1-5H3,(H,28,29)/t20-,21-/m0/s1. The van der Waals surface area contributed by atoms with E-state index < -0.39 is 35.7 Å². The number of hydrogen-bond acceptors (Lipinski definition) is 6. The Morgan fingerprint density at radius 3 is 2.15 bits per heavy atom. The lowest BCUT2D eigenvalue weighted by molar-refractivity contribution is -0.151. The van der Waals surface area contributed by atoms with Gasteiger partial charge >= 0.3 is 18.0 Å². The minimum Gasteiger partial charge on any atom is -0.480 e. The highest BCUT2D eigenvalue weighted by Gasteiger charge is 2.37. The topological polar surface area (TPSA) is 105 Å². The van der Waals surface area contributed by atoms with Gasteiger partial charge in [0, 0.05) is 12.8 Å². The van der Waals surface area contributed by atoms with Crippen LogP contribution in [0.15, 0.2) is 54.6 Å². The Morgan fingerprint density at radius 2 is 1.61 bits per heavy atom. The number of aliphatic carboxylic acids is 1. The molecule has 1 amide bonds. The molecule has 0 aromatic heterocycles. The monoisotopic (exact) mass is 456 g/mol. The van der Waals surface area contributed by atoms with E-state index in [9.17, 15) is 19.5 Å². The number of carbonyl (C=O) groups is 3. The molecule has 2 atom stereocenters. The molecule has 8 nitrogen and oxygen atoms in total. The Morgan fingerprint density at radius 1 is 1.00 bits per heavy atom. The van der Waals surface area contributed by atoms with Crippen molar-refractivity contribution in [3.05, 3.63) is 71.3 Å². The predicted octanol–water partition coefficient (Wildman–Crippen LogP) is 3.52. The van der Waals surface area contributed by atoms with Gasteiger partial charge in [-0.05, 0) is 44.4 Å². The molecule has 0 heterocycles. The Kier molecular flexibility index (Phi) is 8.99. The van der Waals surface area contributed by atoms with Gasteiger partial charge in [-0.2, -0.15) is 0 Å². The molecule has 178 valence electrons. The van der Waals surface area contributed by atoms with Crippen LogP contribution in [0.25, 0.3) is 0 Å². The van der Waals surface area contributed by atoms with Crippen LogP contribution in [-0.4, -0.2) is 52.9 Å². The normalized spacial score (nSPS) is 13.0. The van der Waals surface area contributed by atoms with Gasteiger partial charge in [-0.1, -0.05) is 54.6 Å². The second kappa shape index (κ2) is 11.5. The van der Waals surface area contributed by atoms with Gasteiger partial charge in [-0.3, -0.25) is 4.79 Å². The zero-order chi connectivity index (χ0) is 24.6. The minimum absolute atomic E-state index is 0.0978. The molecule has 0 fully saturated rings. The number of esters is 1. The zero-order valence-corrected chi connectivity index (χ0v) is 19.7. The number of hydrazine groups is 1. The van der Waals surface area contributed by atoms with E-state index in [-0.39, 0.29) is 12.8 Å². The largest absolute Gasteiger partial charge is 0.480 e. The summed E-state index contributed by atoms with van der Waals surface area (Å²) in [6.45, 7) is 6.95. The van der Waals surface area contributed by atoms with E-state index >= 15 is 0 Å². The molecular weight excluding hydrogens is 424 g/mol. The molecule has 2 aromatic carbocycles. The van der Waals surface area contributed by atoms with Gasteiger partial charge in [0.15, 0.2) is 6.04 Å². The summed E-state index contributed by atoms with van der Waals surface area (Å²) in [4.78, 5) is 38.0. The van der Waals surface area contributed by atoms with Crippen molar-refractivity contribution in [2.45, 2.75) is 58.2 Å². The first-order valence-electron chi connectivity index (χ1n) is 10.7. The van der Waals surface area contributed by atoms with E-state index in [2.05, 4.69) is 5.43 Å². The van der Waals surface area contributed by atoms with Crippen molar-refractivity contribution < 1.29 is 29.0 Å². The van der Waals surface area contributed by atoms with E-state index in [0.29, 0.717) is 0 Å². The number of ether oxygens (including phenoxy) is 2. The van der Waals surface area contributed by atoms with E-state index in [1.807, 2.05) is 61.5 Å². The molecule has 0 aliphatic rings. The van der Waals surface area contributed by atoms with Crippen molar-refractivity contribution >= 4 is 18.0 Å². The molecule has 0 saturated carbocycles. The summed E-state index contributed by atoms with van der Waals surface area (Å²) < 4.78 is 10.4. The number of rotatable bonds is 9. The number of carboxylic acids is 1. The van der Waals surface area contributed by atoms with Gasteiger partial charge in [0.2, 0.25) is 0 Å². The summed E-state index contributed by atoms with van der Waals surface area (Å²) in [7, 11) is 1.22. The Balaban J connectivity index is 2.42. The second-order valence-corrected chi connectivity index (χ2v) is 8.73. The maximum absolute atomic E-state index is 13.1. The van der Waals surface area contributed by atoms with Crippen LogP contribution in [0.2, 0.25) is 0 Å². The molecule has 33 heavy (non-hydrogen) atoms. The molecule has 0 bridgehead atoms. The van der Waals surface area contributed by atoms with Crippen LogP contribution in [-0.2, 0) is 31.9 Å². The van der Waals surface area contributed by atoms with Gasteiger partial charge in [0.05, 0.1) is 7.11 Å². The van der Waals surface area contributed by atoms with E-state index in [1.54, 1.807) is 20.8 Å². The lowest BCUT2D eigenvalue weighted by Crippen LogP contribution is -2.60. The maximum Gasteiger partial charge on any atom is 0.425 e. The fourth-order valence-corrected chi connectivity index (χ4v) is 3.25. The van der Waals surface area contributed by atoms with Gasteiger partial charge < -0.3 is 14.6 Å². The molecule has 0 unspecified atom stereocenters. The van der Waals surface area contributed by atoms with Gasteiger partial charge in [0.1, 0.15) is 11.6 Å². The summed E-state index contributed by atoms with van der Waals surface area (Å²) >= 11 is 0. The molecule has 0 radical (unpaired) electrons. The fourth-order valence-electron chi connectivity index (χ4n) is 3.25. The number of nitrogens with one attached hydrogen (secondary N) is 1. The van der Waals surface area contributed by atoms with E-state index in [4.69, 9.17) is 9.47 Å². The van der Waals surface area contributed by atoms with Crippen LogP contribution in [0.3, 0.4) is 0 Å². The highest BCUT2D eigenvalue weighted by Crippen LogP contribution is 2.17. The molecular formula is C25H32N2O6. The molecule has 8 heteroatoms. The van der Waals surface area contributed by atoms with Gasteiger partial charge in [0.25, 0.3) is 0 Å².